The smallest absolute Gasteiger partial charge is 0.173 e. The number of benzene rings is 1. The summed E-state index contributed by atoms with van der Waals surface area (Å²) >= 11 is 5.77. The number of aromatic hydroxyl groups is 1. The van der Waals surface area contributed by atoms with Crippen LogP contribution in [0.15, 0.2) is 34.7 Å². The highest BCUT2D eigenvalue weighted by Gasteiger charge is 2.20. The minimum absolute atomic E-state index is 0.0230. The molecular formula is C11H10ClNO3S. The molecule has 1 aromatic rings. The number of nitrogens with zero attached hydrogens (tertiary/aromatic N) is 1. The Bertz CT molecular complexity index is 593. The number of sulfone groups is 1. The van der Waals surface area contributed by atoms with Crippen molar-refractivity contribution in [1.29, 1.82) is 0 Å². The number of aliphatic imine (C=N–C) groups is 1. The molecule has 4 nitrogen and oxygen atoms in total. The number of phenolic OH excluding ortho intramolecular Hbond substituents is 1. The summed E-state index contributed by atoms with van der Waals surface area (Å²) in [6, 6.07) is 4.20. The molecule has 1 aromatic carbocycles. The SMILES string of the molecule is O=S1(=O)C=C[C@H](N=Cc2cc(Cl)ccc2O)C1. The minimum atomic E-state index is -3.10. The van der Waals surface area contributed by atoms with E-state index in [2.05, 4.69) is 4.99 Å². The molecule has 0 saturated heterocycles. The lowest BCUT2D eigenvalue weighted by atomic mass is 10.2. The Morgan fingerprint density at radius 1 is 1.47 bits per heavy atom. The molecule has 1 atom stereocenters. The maximum atomic E-state index is 11.1. The lowest BCUT2D eigenvalue weighted by Gasteiger charge is -2.01. The van der Waals surface area contributed by atoms with Crippen LogP contribution in [0.4, 0.5) is 0 Å². The predicted molar refractivity (Wildman–Crippen MR) is 67.4 cm³/mol. The Hall–Kier alpha value is -1.33. The first-order valence-electron chi connectivity index (χ1n) is 4.89. The molecule has 1 N–H and O–H groups in total. The highest BCUT2D eigenvalue weighted by molar-refractivity contribution is 7.94. The van der Waals surface area contributed by atoms with Crippen LogP contribution in [-0.4, -0.2) is 31.5 Å². The van der Waals surface area contributed by atoms with Crippen molar-refractivity contribution in [2.45, 2.75) is 6.04 Å². The Morgan fingerprint density at radius 2 is 2.24 bits per heavy atom. The summed E-state index contributed by atoms with van der Waals surface area (Å²) in [6.07, 6.45) is 2.95. The van der Waals surface area contributed by atoms with Crippen molar-refractivity contribution in [1.82, 2.24) is 0 Å². The van der Waals surface area contributed by atoms with Crippen LogP contribution in [0.2, 0.25) is 5.02 Å². The first-order chi connectivity index (χ1) is 7.96. The Morgan fingerprint density at radius 3 is 2.88 bits per heavy atom. The van der Waals surface area contributed by atoms with Crippen molar-refractivity contribution >= 4 is 27.7 Å². The first-order valence-corrected chi connectivity index (χ1v) is 6.98. The van der Waals surface area contributed by atoms with E-state index in [1.54, 1.807) is 12.1 Å². The van der Waals surface area contributed by atoms with E-state index in [0.29, 0.717) is 10.6 Å². The lowest BCUT2D eigenvalue weighted by molar-refractivity contribution is 0.474. The van der Waals surface area contributed by atoms with Gasteiger partial charge in [-0.05, 0) is 24.3 Å². The van der Waals surface area contributed by atoms with Gasteiger partial charge in [0, 0.05) is 22.2 Å². The maximum Gasteiger partial charge on any atom is 0.173 e. The molecule has 0 unspecified atom stereocenters. The minimum Gasteiger partial charge on any atom is -0.507 e. The van der Waals surface area contributed by atoms with Crippen LogP contribution >= 0.6 is 11.6 Å². The van der Waals surface area contributed by atoms with Gasteiger partial charge in [0.25, 0.3) is 0 Å². The summed E-state index contributed by atoms with van der Waals surface area (Å²) in [4.78, 5) is 4.08. The van der Waals surface area contributed by atoms with E-state index in [9.17, 15) is 13.5 Å². The molecule has 0 radical (unpaired) electrons. The van der Waals surface area contributed by atoms with Gasteiger partial charge in [0.2, 0.25) is 0 Å². The summed E-state index contributed by atoms with van der Waals surface area (Å²) in [6.45, 7) is 0. The van der Waals surface area contributed by atoms with E-state index < -0.39 is 15.9 Å². The average molecular weight is 272 g/mol. The second-order valence-electron chi connectivity index (χ2n) is 3.71. The van der Waals surface area contributed by atoms with Gasteiger partial charge in [-0.1, -0.05) is 11.6 Å². The molecule has 1 aliphatic rings. The molecule has 0 spiro atoms. The number of hydrogen-bond acceptors (Lipinski definition) is 4. The highest BCUT2D eigenvalue weighted by atomic mass is 35.5. The zero-order chi connectivity index (χ0) is 12.5. The summed E-state index contributed by atoms with van der Waals surface area (Å²) in [5.41, 5.74) is 0.468. The molecule has 2 rings (SSSR count). The van der Waals surface area contributed by atoms with E-state index in [4.69, 9.17) is 11.6 Å². The number of halogens is 1. The molecule has 1 aliphatic heterocycles. The molecule has 90 valence electrons. The second kappa shape index (κ2) is 4.50. The van der Waals surface area contributed by atoms with Gasteiger partial charge < -0.3 is 5.11 Å². The van der Waals surface area contributed by atoms with Crippen molar-refractivity contribution in [3.63, 3.8) is 0 Å². The number of rotatable bonds is 2. The van der Waals surface area contributed by atoms with Gasteiger partial charge in [-0.15, -0.1) is 0 Å². The third-order valence-corrected chi connectivity index (χ3v) is 3.92. The molecule has 17 heavy (non-hydrogen) atoms. The topological polar surface area (TPSA) is 66.7 Å². The molecule has 0 aromatic heterocycles. The van der Waals surface area contributed by atoms with Gasteiger partial charge >= 0.3 is 0 Å². The van der Waals surface area contributed by atoms with Gasteiger partial charge in [-0.25, -0.2) is 8.42 Å². The van der Waals surface area contributed by atoms with E-state index in [0.717, 1.165) is 5.41 Å². The molecule has 0 saturated carbocycles. The van der Waals surface area contributed by atoms with Crippen molar-refractivity contribution in [2.75, 3.05) is 5.75 Å². The van der Waals surface area contributed by atoms with Gasteiger partial charge in [0.15, 0.2) is 9.84 Å². The van der Waals surface area contributed by atoms with Gasteiger partial charge in [0.05, 0.1) is 11.8 Å². The summed E-state index contributed by atoms with van der Waals surface area (Å²) in [7, 11) is -3.10. The molecule has 0 bridgehead atoms. The van der Waals surface area contributed by atoms with Crippen molar-refractivity contribution in [3.8, 4) is 5.75 Å². The number of phenols is 1. The lowest BCUT2D eigenvalue weighted by Crippen LogP contribution is -2.08. The van der Waals surface area contributed by atoms with Gasteiger partial charge in [-0.2, -0.15) is 0 Å². The zero-order valence-electron chi connectivity index (χ0n) is 8.75. The molecular weight excluding hydrogens is 262 g/mol. The normalized spacial score (nSPS) is 22.3. The molecule has 6 heteroatoms. The van der Waals surface area contributed by atoms with Gasteiger partial charge in [-0.3, -0.25) is 4.99 Å². The highest BCUT2D eigenvalue weighted by Crippen LogP contribution is 2.20. The first kappa shape index (κ1) is 12.1. The quantitative estimate of drug-likeness (QED) is 0.834. The van der Waals surface area contributed by atoms with Crippen LogP contribution in [-0.2, 0) is 9.84 Å². The molecule has 0 aliphatic carbocycles. The molecule has 1 heterocycles. The van der Waals surface area contributed by atoms with Crippen LogP contribution in [0.3, 0.4) is 0 Å². The van der Waals surface area contributed by atoms with E-state index in [-0.39, 0.29) is 11.5 Å². The van der Waals surface area contributed by atoms with Crippen LogP contribution < -0.4 is 0 Å². The van der Waals surface area contributed by atoms with Crippen LogP contribution in [0.25, 0.3) is 0 Å². The number of hydrogen-bond donors (Lipinski definition) is 1. The fourth-order valence-electron chi connectivity index (χ4n) is 1.46. The molecule has 0 amide bonds. The Kier molecular flexibility index (Phi) is 3.22. The molecule has 0 fully saturated rings. The fourth-order valence-corrected chi connectivity index (χ4v) is 2.84. The fraction of sp³-hybridized carbons (Fsp3) is 0.182. The summed E-state index contributed by atoms with van der Waals surface area (Å²) < 4.78 is 22.3. The average Bonchev–Trinajstić information content (AvgIpc) is 2.60. The van der Waals surface area contributed by atoms with E-state index in [1.165, 1.54) is 18.4 Å². The Labute approximate surface area is 104 Å². The maximum absolute atomic E-state index is 11.1. The van der Waals surface area contributed by atoms with Crippen molar-refractivity contribution in [3.05, 3.63) is 40.3 Å². The monoisotopic (exact) mass is 271 g/mol. The van der Waals surface area contributed by atoms with E-state index >= 15 is 0 Å². The van der Waals surface area contributed by atoms with Crippen LogP contribution in [0.5, 0.6) is 5.75 Å². The van der Waals surface area contributed by atoms with E-state index in [1.807, 2.05) is 0 Å². The summed E-state index contributed by atoms with van der Waals surface area (Å²) in [5, 5.41) is 11.2. The Balaban J connectivity index is 2.17. The van der Waals surface area contributed by atoms with Gasteiger partial charge in [0.1, 0.15) is 5.75 Å². The van der Waals surface area contributed by atoms with Crippen LogP contribution in [0, 0.1) is 0 Å². The predicted octanol–water partition coefficient (Wildman–Crippen LogP) is 1.78. The van der Waals surface area contributed by atoms with Crippen molar-refractivity contribution < 1.29 is 13.5 Å². The third kappa shape index (κ3) is 3.08. The largest absolute Gasteiger partial charge is 0.507 e. The van der Waals surface area contributed by atoms with Crippen molar-refractivity contribution in [2.24, 2.45) is 4.99 Å². The standard InChI is InChI=1S/C11H10ClNO3S/c12-9-1-2-11(14)8(5-9)6-13-10-3-4-17(15,16)7-10/h1-6,10,14H,7H2/t10-/m0/s1. The summed E-state index contributed by atoms with van der Waals surface area (Å²) in [5.74, 6) is 0.0353. The zero-order valence-corrected chi connectivity index (χ0v) is 10.3. The third-order valence-electron chi connectivity index (χ3n) is 2.31. The van der Waals surface area contributed by atoms with Crippen LogP contribution in [0.1, 0.15) is 5.56 Å². The second-order valence-corrected chi connectivity index (χ2v) is 6.07.